The molecule has 1 unspecified atom stereocenters. The number of ether oxygens (including phenoxy) is 2. The largest absolute Gasteiger partial charge is 0.490 e. The fraction of sp³-hybridized carbons (Fsp3) is 0.360. The number of halogens is 1. The van der Waals surface area contributed by atoms with Crippen LogP contribution in [0.15, 0.2) is 60.7 Å². The minimum Gasteiger partial charge on any atom is -0.490 e. The van der Waals surface area contributed by atoms with E-state index in [0.29, 0.717) is 13.2 Å². The fourth-order valence-corrected chi connectivity index (χ4v) is 5.20. The molecule has 4 rings (SSSR count). The predicted molar refractivity (Wildman–Crippen MR) is 129 cm³/mol. The number of hydrogen-bond acceptors (Lipinski definition) is 5. The summed E-state index contributed by atoms with van der Waals surface area (Å²) in [5, 5.41) is 3.50. The second-order valence-corrected chi connectivity index (χ2v) is 9.34. The van der Waals surface area contributed by atoms with Gasteiger partial charge in [-0.05, 0) is 55.3 Å². The molecule has 0 bridgehead atoms. The van der Waals surface area contributed by atoms with Gasteiger partial charge in [0, 0.05) is 24.5 Å². The molecule has 3 aromatic rings. The van der Waals surface area contributed by atoms with Gasteiger partial charge >= 0.3 is 0 Å². The second kappa shape index (κ2) is 11.0. The zero-order valence-electron chi connectivity index (χ0n) is 17.9. The highest BCUT2D eigenvalue weighted by atomic mass is 35.5. The van der Waals surface area contributed by atoms with Crippen LogP contribution in [0.4, 0.5) is 0 Å². The van der Waals surface area contributed by atoms with Crippen molar-refractivity contribution in [2.45, 2.75) is 26.0 Å². The summed E-state index contributed by atoms with van der Waals surface area (Å²) in [5.41, 5.74) is 2.34. The Kier molecular flexibility index (Phi) is 7.86. The first-order valence-electron chi connectivity index (χ1n) is 10.9. The molecule has 0 spiro atoms. The van der Waals surface area contributed by atoms with Crippen molar-refractivity contribution in [1.82, 2.24) is 10.2 Å². The fourth-order valence-electron chi connectivity index (χ4n) is 3.97. The maximum Gasteiger partial charge on any atom is 0.161 e. The van der Waals surface area contributed by atoms with Crippen LogP contribution in [0.3, 0.4) is 0 Å². The number of nitrogens with one attached hydrogen (secondary N) is 1. The van der Waals surface area contributed by atoms with Gasteiger partial charge in [-0.1, -0.05) is 48.0 Å². The Bertz CT molecular complexity index is 955. The van der Waals surface area contributed by atoms with E-state index in [1.807, 2.05) is 37.3 Å². The summed E-state index contributed by atoms with van der Waals surface area (Å²) in [4.78, 5) is 3.80. The van der Waals surface area contributed by atoms with Crippen LogP contribution in [0.5, 0.6) is 11.5 Å². The standard InChI is InChI=1S/C25H29ClN2O2S/c1-2-29-22-17-20(9-10-21(22)30-18-19-7-4-3-5-8-19)25(23-11-12-24(26)31-23)28-15-6-13-27-14-16-28/h3-5,7-12,17,25,27H,2,6,13-16,18H2,1H3. The molecule has 1 fully saturated rings. The van der Waals surface area contributed by atoms with E-state index < -0.39 is 0 Å². The Morgan fingerprint density at radius 2 is 1.87 bits per heavy atom. The Hall–Kier alpha value is -2.05. The molecular weight excluding hydrogens is 428 g/mol. The maximum atomic E-state index is 6.31. The third kappa shape index (κ3) is 5.80. The summed E-state index contributed by atoms with van der Waals surface area (Å²) in [6.07, 6.45) is 1.13. The van der Waals surface area contributed by atoms with E-state index in [1.165, 1.54) is 10.4 Å². The molecule has 1 aliphatic heterocycles. The van der Waals surface area contributed by atoms with Crippen molar-refractivity contribution < 1.29 is 9.47 Å². The number of thiophene rings is 1. The molecule has 1 aromatic heterocycles. The van der Waals surface area contributed by atoms with Crippen molar-refractivity contribution in [3.05, 3.63) is 81.0 Å². The first kappa shape index (κ1) is 22.2. The molecule has 1 atom stereocenters. The van der Waals surface area contributed by atoms with E-state index in [1.54, 1.807) is 11.3 Å². The van der Waals surface area contributed by atoms with Crippen molar-refractivity contribution in [3.8, 4) is 11.5 Å². The zero-order chi connectivity index (χ0) is 21.5. The summed E-state index contributed by atoms with van der Waals surface area (Å²) in [5.74, 6) is 1.56. The van der Waals surface area contributed by atoms with Gasteiger partial charge in [-0.2, -0.15) is 0 Å². The van der Waals surface area contributed by atoms with Crippen LogP contribution in [0, 0.1) is 0 Å². The Balaban J connectivity index is 1.63. The van der Waals surface area contributed by atoms with Crippen molar-refractivity contribution in [1.29, 1.82) is 0 Å². The first-order chi connectivity index (χ1) is 15.2. The van der Waals surface area contributed by atoms with Crippen LogP contribution in [-0.4, -0.2) is 37.7 Å². The van der Waals surface area contributed by atoms with Crippen LogP contribution in [0.1, 0.15) is 35.4 Å². The lowest BCUT2D eigenvalue weighted by molar-refractivity contribution is 0.241. The van der Waals surface area contributed by atoms with E-state index in [-0.39, 0.29) is 6.04 Å². The molecule has 2 aromatic carbocycles. The lowest BCUT2D eigenvalue weighted by Crippen LogP contribution is -2.32. The number of benzene rings is 2. The lowest BCUT2D eigenvalue weighted by atomic mass is 10.0. The van der Waals surface area contributed by atoms with Gasteiger partial charge in [-0.15, -0.1) is 11.3 Å². The topological polar surface area (TPSA) is 33.7 Å². The molecule has 0 saturated carbocycles. The number of nitrogens with zero attached hydrogens (tertiary/aromatic N) is 1. The highest BCUT2D eigenvalue weighted by Gasteiger charge is 2.26. The van der Waals surface area contributed by atoms with E-state index in [0.717, 1.165) is 54.0 Å². The van der Waals surface area contributed by atoms with Crippen LogP contribution in [0.2, 0.25) is 4.34 Å². The van der Waals surface area contributed by atoms with Gasteiger partial charge < -0.3 is 14.8 Å². The van der Waals surface area contributed by atoms with Crippen molar-refractivity contribution in [2.75, 3.05) is 32.8 Å². The Morgan fingerprint density at radius 1 is 1.00 bits per heavy atom. The average molecular weight is 457 g/mol. The monoisotopic (exact) mass is 456 g/mol. The summed E-state index contributed by atoms with van der Waals surface area (Å²) in [6, 6.07) is 20.8. The van der Waals surface area contributed by atoms with Gasteiger partial charge in [-0.25, -0.2) is 0 Å². The predicted octanol–water partition coefficient (Wildman–Crippen LogP) is 5.76. The average Bonchev–Trinajstić information content (AvgIpc) is 3.04. The molecule has 4 nitrogen and oxygen atoms in total. The van der Waals surface area contributed by atoms with Gasteiger partial charge in [0.2, 0.25) is 0 Å². The van der Waals surface area contributed by atoms with Gasteiger partial charge in [0.15, 0.2) is 11.5 Å². The molecule has 2 heterocycles. The van der Waals surface area contributed by atoms with E-state index in [9.17, 15) is 0 Å². The van der Waals surface area contributed by atoms with Gasteiger partial charge in [0.1, 0.15) is 6.61 Å². The van der Waals surface area contributed by atoms with Crippen LogP contribution < -0.4 is 14.8 Å². The van der Waals surface area contributed by atoms with E-state index in [4.69, 9.17) is 21.1 Å². The van der Waals surface area contributed by atoms with Gasteiger partial charge in [-0.3, -0.25) is 4.90 Å². The summed E-state index contributed by atoms with van der Waals surface area (Å²) >= 11 is 7.97. The quantitative estimate of drug-likeness (QED) is 0.467. The van der Waals surface area contributed by atoms with E-state index in [2.05, 4.69) is 40.5 Å². The number of rotatable bonds is 8. The number of hydrogen-bond donors (Lipinski definition) is 1. The first-order valence-corrected chi connectivity index (χ1v) is 12.1. The normalized spacial score (nSPS) is 15.9. The Labute approximate surface area is 193 Å². The van der Waals surface area contributed by atoms with Crippen molar-refractivity contribution in [2.24, 2.45) is 0 Å². The molecule has 1 aliphatic rings. The van der Waals surface area contributed by atoms with Crippen LogP contribution in [-0.2, 0) is 6.61 Å². The highest BCUT2D eigenvalue weighted by molar-refractivity contribution is 7.16. The zero-order valence-corrected chi connectivity index (χ0v) is 19.4. The third-order valence-corrected chi connectivity index (χ3v) is 6.71. The van der Waals surface area contributed by atoms with Crippen molar-refractivity contribution >= 4 is 22.9 Å². The molecule has 31 heavy (non-hydrogen) atoms. The molecule has 1 N–H and O–H groups in total. The molecular formula is C25H29ClN2O2S. The molecule has 6 heteroatoms. The maximum absolute atomic E-state index is 6.31. The van der Waals surface area contributed by atoms with Crippen molar-refractivity contribution in [3.63, 3.8) is 0 Å². The molecule has 1 saturated heterocycles. The molecule has 164 valence electrons. The van der Waals surface area contributed by atoms with E-state index >= 15 is 0 Å². The van der Waals surface area contributed by atoms with Crippen LogP contribution >= 0.6 is 22.9 Å². The van der Waals surface area contributed by atoms with Gasteiger partial charge in [0.05, 0.1) is 17.0 Å². The van der Waals surface area contributed by atoms with Crippen LogP contribution in [0.25, 0.3) is 0 Å². The third-order valence-electron chi connectivity index (χ3n) is 5.42. The molecule has 0 radical (unpaired) electrons. The Morgan fingerprint density at radius 3 is 2.65 bits per heavy atom. The second-order valence-electron chi connectivity index (χ2n) is 7.60. The summed E-state index contributed by atoms with van der Waals surface area (Å²) < 4.78 is 12.9. The molecule has 0 aliphatic carbocycles. The lowest BCUT2D eigenvalue weighted by Gasteiger charge is -2.30. The SMILES string of the molecule is CCOc1cc(C(c2ccc(Cl)s2)N2CCCNCC2)ccc1OCc1ccccc1. The smallest absolute Gasteiger partial charge is 0.161 e. The summed E-state index contributed by atoms with van der Waals surface area (Å²) in [6.45, 7) is 7.21. The molecule has 0 amide bonds. The van der Waals surface area contributed by atoms with Gasteiger partial charge in [0.25, 0.3) is 0 Å². The summed E-state index contributed by atoms with van der Waals surface area (Å²) in [7, 11) is 0. The minimum atomic E-state index is 0.153. The minimum absolute atomic E-state index is 0.153. The highest BCUT2D eigenvalue weighted by Crippen LogP contribution is 2.39.